The molecule has 0 bridgehead atoms. The number of carbonyl (C=O) groups is 1. The molecule has 2 aromatic rings. The molecule has 0 aliphatic rings. The zero-order valence-electron chi connectivity index (χ0n) is 10.8. The molecule has 0 radical (unpaired) electrons. The quantitative estimate of drug-likeness (QED) is 0.917. The molecule has 0 atom stereocenters. The third kappa shape index (κ3) is 3.45. The summed E-state index contributed by atoms with van der Waals surface area (Å²) in [5, 5.41) is 8.95. The third-order valence-corrected chi connectivity index (χ3v) is 2.95. The first-order chi connectivity index (χ1) is 9.58. The molecule has 0 amide bonds. The fourth-order valence-corrected chi connectivity index (χ4v) is 1.82. The van der Waals surface area contributed by atoms with Gasteiger partial charge >= 0.3 is 5.97 Å². The summed E-state index contributed by atoms with van der Waals surface area (Å²) in [6.07, 6.45) is 1.70. The first-order valence-electron chi connectivity index (χ1n) is 6.01. The Labute approximate surface area is 121 Å². The molecule has 0 saturated heterocycles. The van der Waals surface area contributed by atoms with Crippen LogP contribution in [0.15, 0.2) is 30.5 Å². The summed E-state index contributed by atoms with van der Waals surface area (Å²) < 4.78 is 5.61. The normalized spacial score (nSPS) is 10.3. The highest BCUT2D eigenvalue weighted by atomic mass is 35.5. The number of carboxylic acids is 1. The maximum absolute atomic E-state index is 10.9. The van der Waals surface area contributed by atoms with E-state index < -0.39 is 5.97 Å². The molecule has 104 valence electrons. The van der Waals surface area contributed by atoms with Gasteiger partial charge in [0.05, 0.1) is 17.8 Å². The highest BCUT2D eigenvalue weighted by molar-refractivity contribution is 6.33. The van der Waals surface area contributed by atoms with Crippen molar-refractivity contribution < 1.29 is 14.6 Å². The van der Waals surface area contributed by atoms with Crippen LogP contribution in [0.25, 0.3) is 0 Å². The van der Waals surface area contributed by atoms with Crippen molar-refractivity contribution in [2.75, 3.05) is 6.61 Å². The van der Waals surface area contributed by atoms with Crippen LogP contribution in [0.1, 0.15) is 21.9 Å². The lowest BCUT2D eigenvalue weighted by Gasteiger charge is -2.08. The fourth-order valence-electron chi connectivity index (χ4n) is 1.64. The van der Waals surface area contributed by atoms with Gasteiger partial charge in [-0.2, -0.15) is 0 Å². The monoisotopic (exact) mass is 292 g/mol. The largest absolute Gasteiger partial charge is 0.493 e. The molecule has 1 aromatic heterocycles. The van der Waals surface area contributed by atoms with Gasteiger partial charge in [0.1, 0.15) is 11.6 Å². The number of benzene rings is 1. The van der Waals surface area contributed by atoms with Crippen LogP contribution in [-0.2, 0) is 6.42 Å². The van der Waals surface area contributed by atoms with Gasteiger partial charge in [0.25, 0.3) is 0 Å². The number of para-hydroxylation sites is 1. The van der Waals surface area contributed by atoms with E-state index in [1.54, 1.807) is 0 Å². The Bertz CT molecular complexity index is 632. The lowest BCUT2D eigenvalue weighted by atomic mass is 10.2. The van der Waals surface area contributed by atoms with Gasteiger partial charge in [-0.15, -0.1) is 0 Å². The van der Waals surface area contributed by atoms with E-state index in [-0.39, 0.29) is 10.7 Å². The van der Waals surface area contributed by atoms with Gasteiger partial charge in [-0.1, -0.05) is 29.8 Å². The van der Waals surface area contributed by atoms with Crippen LogP contribution in [-0.4, -0.2) is 27.7 Å². The Morgan fingerprint density at radius 1 is 1.40 bits per heavy atom. The van der Waals surface area contributed by atoms with Gasteiger partial charge in [-0.25, -0.2) is 14.8 Å². The molecule has 1 N–H and O–H groups in total. The summed E-state index contributed by atoms with van der Waals surface area (Å²) in [5.41, 5.74) is 0.850. The Morgan fingerprint density at radius 2 is 2.15 bits per heavy atom. The SMILES string of the molecule is Cc1ccccc1OCCc1ncc(Cl)c(C(=O)O)n1. The molecule has 0 aliphatic carbocycles. The van der Waals surface area contributed by atoms with E-state index in [9.17, 15) is 4.79 Å². The topological polar surface area (TPSA) is 72.3 Å². The van der Waals surface area contributed by atoms with Gasteiger partial charge < -0.3 is 9.84 Å². The molecule has 5 nitrogen and oxygen atoms in total. The van der Waals surface area contributed by atoms with Crippen molar-refractivity contribution in [1.29, 1.82) is 0 Å². The molecule has 0 unspecified atom stereocenters. The van der Waals surface area contributed by atoms with Crippen molar-refractivity contribution in [2.24, 2.45) is 0 Å². The molecular formula is C14H13ClN2O3. The number of aryl methyl sites for hydroxylation is 1. The van der Waals surface area contributed by atoms with Crippen LogP contribution in [0.5, 0.6) is 5.75 Å². The molecule has 1 aromatic carbocycles. The summed E-state index contributed by atoms with van der Waals surface area (Å²) in [5.74, 6) is 0.0128. The summed E-state index contributed by atoms with van der Waals surface area (Å²) in [6, 6.07) is 7.66. The summed E-state index contributed by atoms with van der Waals surface area (Å²) in [7, 11) is 0. The Balaban J connectivity index is 2.00. The van der Waals surface area contributed by atoms with Crippen LogP contribution >= 0.6 is 11.6 Å². The number of aromatic nitrogens is 2. The number of hydrogen-bond acceptors (Lipinski definition) is 4. The smallest absolute Gasteiger partial charge is 0.356 e. The van der Waals surface area contributed by atoms with Crippen molar-refractivity contribution in [3.05, 3.63) is 52.6 Å². The molecule has 20 heavy (non-hydrogen) atoms. The maximum atomic E-state index is 10.9. The van der Waals surface area contributed by atoms with Gasteiger partial charge in [-0.3, -0.25) is 0 Å². The van der Waals surface area contributed by atoms with Crippen molar-refractivity contribution in [3.8, 4) is 5.75 Å². The van der Waals surface area contributed by atoms with Crippen LogP contribution < -0.4 is 4.74 Å². The summed E-state index contributed by atoms with van der Waals surface area (Å²) in [6.45, 7) is 2.32. The Morgan fingerprint density at radius 3 is 2.85 bits per heavy atom. The second-order valence-corrected chi connectivity index (χ2v) is 4.56. The van der Waals surface area contributed by atoms with Crippen LogP contribution in [0, 0.1) is 6.92 Å². The minimum Gasteiger partial charge on any atom is -0.493 e. The van der Waals surface area contributed by atoms with E-state index in [4.69, 9.17) is 21.4 Å². The number of ether oxygens (including phenoxy) is 1. The average molecular weight is 293 g/mol. The van der Waals surface area contributed by atoms with E-state index in [0.717, 1.165) is 11.3 Å². The Kier molecular flexibility index (Phi) is 4.53. The van der Waals surface area contributed by atoms with Crippen LogP contribution in [0.2, 0.25) is 5.02 Å². The molecule has 0 fully saturated rings. The minimum atomic E-state index is -1.17. The second-order valence-electron chi connectivity index (χ2n) is 4.15. The van der Waals surface area contributed by atoms with Crippen LogP contribution in [0.3, 0.4) is 0 Å². The van der Waals surface area contributed by atoms with Crippen molar-refractivity contribution in [1.82, 2.24) is 9.97 Å². The average Bonchev–Trinajstić information content (AvgIpc) is 2.42. The van der Waals surface area contributed by atoms with E-state index >= 15 is 0 Å². The van der Waals surface area contributed by atoms with E-state index in [1.165, 1.54) is 6.20 Å². The van der Waals surface area contributed by atoms with Crippen LogP contribution in [0.4, 0.5) is 0 Å². The first-order valence-corrected chi connectivity index (χ1v) is 6.39. The lowest BCUT2D eigenvalue weighted by Crippen LogP contribution is -2.10. The highest BCUT2D eigenvalue weighted by Crippen LogP contribution is 2.16. The van der Waals surface area contributed by atoms with Gasteiger partial charge in [-0.05, 0) is 18.6 Å². The molecule has 0 saturated carbocycles. The number of halogens is 1. The van der Waals surface area contributed by atoms with Crippen molar-refractivity contribution in [3.63, 3.8) is 0 Å². The van der Waals surface area contributed by atoms with Crippen molar-refractivity contribution >= 4 is 17.6 Å². The van der Waals surface area contributed by atoms with E-state index in [0.29, 0.717) is 18.9 Å². The zero-order chi connectivity index (χ0) is 14.5. The predicted molar refractivity (Wildman–Crippen MR) is 74.4 cm³/mol. The number of carboxylic acid groups (broad SMARTS) is 1. The fraction of sp³-hybridized carbons (Fsp3) is 0.214. The van der Waals surface area contributed by atoms with Gasteiger partial charge in [0.15, 0.2) is 5.69 Å². The molecule has 6 heteroatoms. The second kappa shape index (κ2) is 6.34. The van der Waals surface area contributed by atoms with Gasteiger partial charge in [0.2, 0.25) is 0 Å². The molecule has 0 spiro atoms. The molecule has 0 aliphatic heterocycles. The predicted octanol–water partition coefficient (Wildman–Crippen LogP) is 2.76. The number of hydrogen-bond donors (Lipinski definition) is 1. The minimum absolute atomic E-state index is 0.0288. The number of nitrogens with zero attached hydrogens (tertiary/aromatic N) is 2. The summed E-state index contributed by atoms with van der Waals surface area (Å²) >= 11 is 5.70. The molecule has 2 rings (SSSR count). The first kappa shape index (κ1) is 14.3. The number of rotatable bonds is 5. The van der Waals surface area contributed by atoms with Gasteiger partial charge in [0, 0.05) is 6.42 Å². The third-order valence-electron chi connectivity index (χ3n) is 2.67. The summed E-state index contributed by atoms with van der Waals surface area (Å²) in [4.78, 5) is 18.8. The number of aromatic carboxylic acids is 1. The lowest BCUT2D eigenvalue weighted by molar-refractivity contribution is 0.0690. The Hall–Kier alpha value is -2.14. The van der Waals surface area contributed by atoms with Crippen molar-refractivity contribution in [2.45, 2.75) is 13.3 Å². The zero-order valence-corrected chi connectivity index (χ0v) is 11.6. The molecular weight excluding hydrogens is 280 g/mol. The standard InChI is InChI=1S/C14H13ClN2O3/c1-9-4-2-3-5-11(9)20-7-6-12-16-8-10(15)13(17-12)14(18)19/h2-5,8H,6-7H2,1H3,(H,18,19). The van der Waals surface area contributed by atoms with E-state index in [1.807, 2.05) is 31.2 Å². The highest BCUT2D eigenvalue weighted by Gasteiger charge is 2.12. The molecule has 1 heterocycles. The van der Waals surface area contributed by atoms with E-state index in [2.05, 4.69) is 9.97 Å². The maximum Gasteiger partial charge on any atom is 0.356 e.